The predicted molar refractivity (Wildman–Crippen MR) is 43.9 cm³/mol. The second-order valence-corrected chi connectivity index (χ2v) is 2.91. The van der Waals surface area contributed by atoms with Gasteiger partial charge in [-0.2, -0.15) is 0 Å². The standard InChI is InChI=1S/C7H15N3O2/c11-7(9-12)6-10-4-1-2-8-3-5-10/h8,12H,1-6H2,(H,9,11). The largest absolute Gasteiger partial charge is 0.315 e. The average Bonchev–Trinajstić information content (AvgIpc) is 2.33. The van der Waals surface area contributed by atoms with Crippen molar-refractivity contribution in [3.05, 3.63) is 0 Å². The Hall–Kier alpha value is -0.650. The van der Waals surface area contributed by atoms with Crippen LogP contribution in [0.25, 0.3) is 0 Å². The van der Waals surface area contributed by atoms with Gasteiger partial charge in [0.1, 0.15) is 0 Å². The zero-order valence-electron chi connectivity index (χ0n) is 7.05. The summed E-state index contributed by atoms with van der Waals surface area (Å²) in [5.41, 5.74) is 1.63. The topological polar surface area (TPSA) is 64.6 Å². The summed E-state index contributed by atoms with van der Waals surface area (Å²) >= 11 is 0. The number of rotatable bonds is 2. The molecule has 0 aromatic carbocycles. The van der Waals surface area contributed by atoms with Crippen LogP contribution >= 0.6 is 0 Å². The summed E-state index contributed by atoms with van der Waals surface area (Å²) in [5, 5.41) is 11.5. The maximum absolute atomic E-state index is 10.8. The number of hydrogen-bond donors (Lipinski definition) is 3. The lowest BCUT2D eigenvalue weighted by Gasteiger charge is -2.17. The van der Waals surface area contributed by atoms with E-state index in [1.807, 2.05) is 4.90 Å². The van der Waals surface area contributed by atoms with Crippen molar-refractivity contribution in [3.63, 3.8) is 0 Å². The molecule has 0 saturated carbocycles. The lowest BCUT2D eigenvalue weighted by Crippen LogP contribution is -2.37. The Bertz CT molecular complexity index is 144. The van der Waals surface area contributed by atoms with Crippen LogP contribution in [-0.4, -0.2) is 48.7 Å². The van der Waals surface area contributed by atoms with Gasteiger partial charge in [0.25, 0.3) is 5.91 Å². The van der Waals surface area contributed by atoms with E-state index in [-0.39, 0.29) is 12.5 Å². The molecule has 5 heteroatoms. The van der Waals surface area contributed by atoms with E-state index in [9.17, 15) is 4.79 Å². The molecule has 0 aliphatic carbocycles. The van der Waals surface area contributed by atoms with Gasteiger partial charge in [-0.1, -0.05) is 0 Å². The summed E-state index contributed by atoms with van der Waals surface area (Å²) in [6.45, 7) is 4.00. The summed E-state index contributed by atoms with van der Waals surface area (Å²) in [5.74, 6) is -0.336. The smallest absolute Gasteiger partial charge is 0.257 e. The number of nitrogens with zero attached hydrogens (tertiary/aromatic N) is 1. The van der Waals surface area contributed by atoms with Gasteiger partial charge in [0, 0.05) is 13.1 Å². The van der Waals surface area contributed by atoms with Crippen LogP contribution in [0.4, 0.5) is 0 Å². The summed E-state index contributed by atoms with van der Waals surface area (Å²) in [6, 6.07) is 0. The summed E-state index contributed by atoms with van der Waals surface area (Å²) in [6.07, 6.45) is 1.05. The molecular formula is C7H15N3O2. The van der Waals surface area contributed by atoms with Crippen LogP contribution in [0, 0.1) is 0 Å². The summed E-state index contributed by atoms with van der Waals surface area (Å²) in [7, 11) is 0. The Kier molecular flexibility index (Phi) is 3.99. The maximum atomic E-state index is 10.8. The van der Waals surface area contributed by atoms with Crippen LogP contribution < -0.4 is 10.8 Å². The van der Waals surface area contributed by atoms with E-state index >= 15 is 0 Å². The molecule has 1 aliphatic heterocycles. The summed E-state index contributed by atoms with van der Waals surface area (Å²) in [4.78, 5) is 12.8. The van der Waals surface area contributed by atoms with Gasteiger partial charge in [0.05, 0.1) is 6.54 Å². The van der Waals surface area contributed by atoms with E-state index in [2.05, 4.69) is 5.32 Å². The monoisotopic (exact) mass is 173 g/mol. The highest BCUT2D eigenvalue weighted by molar-refractivity contribution is 5.76. The first-order valence-electron chi connectivity index (χ1n) is 4.19. The minimum atomic E-state index is -0.336. The number of carbonyl (C=O) groups excluding carboxylic acids is 1. The highest BCUT2D eigenvalue weighted by atomic mass is 16.5. The molecule has 0 aromatic heterocycles. The molecule has 5 nitrogen and oxygen atoms in total. The van der Waals surface area contributed by atoms with Gasteiger partial charge < -0.3 is 5.32 Å². The molecule has 1 heterocycles. The normalized spacial score (nSPS) is 20.1. The molecule has 0 aromatic rings. The van der Waals surface area contributed by atoms with Crippen LogP contribution in [0.15, 0.2) is 0 Å². The predicted octanol–water partition coefficient (Wildman–Crippen LogP) is -1.21. The minimum absolute atomic E-state index is 0.290. The second kappa shape index (κ2) is 5.08. The fourth-order valence-corrected chi connectivity index (χ4v) is 1.30. The molecule has 70 valence electrons. The number of hydrogen-bond acceptors (Lipinski definition) is 4. The molecule has 1 saturated heterocycles. The molecule has 1 fully saturated rings. The van der Waals surface area contributed by atoms with Gasteiger partial charge in [-0.3, -0.25) is 14.9 Å². The first-order valence-corrected chi connectivity index (χ1v) is 4.19. The highest BCUT2D eigenvalue weighted by Gasteiger charge is 2.11. The Balaban J connectivity index is 2.24. The Morgan fingerprint density at radius 1 is 1.50 bits per heavy atom. The third kappa shape index (κ3) is 3.17. The van der Waals surface area contributed by atoms with E-state index in [1.165, 1.54) is 0 Å². The Morgan fingerprint density at radius 3 is 3.08 bits per heavy atom. The SMILES string of the molecule is O=C(CN1CCCNCC1)NO. The molecule has 0 spiro atoms. The molecule has 3 N–H and O–H groups in total. The van der Waals surface area contributed by atoms with Crippen LogP contribution in [0.1, 0.15) is 6.42 Å². The molecule has 0 atom stereocenters. The number of nitrogens with one attached hydrogen (secondary N) is 2. The second-order valence-electron chi connectivity index (χ2n) is 2.91. The Morgan fingerprint density at radius 2 is 2.33 bits per heavy atom. The fourth-order valence-electron chi connectivity index (χ4n) is 1.30. The van der Waals surface area contributed by atoms with Crippen LogP contribution in [0.5, 0.6) is 0 Å². The van der Waals surface area contributed by atoms with Gasteiger partial charge in [0.2, 0.25) is 0 Å². The molecule has 0 radical (unpaired) electrons. The summed E-state index contributed by atoms with van der Waals surface area (Å²) < 4.78 is 0. The molecule has 1 rings (SSSR count). The van der Waals surface area contributed by atoms with Crippen LogP contribution in [0.3, 0.4) is 0 Å². The molecule has 1 aliphatic rings. The number of hydroxylamine groups is 1. The molecular weight excluding hydrogens is 158 g/mol. The van der Waals surface area contributed by atoms with Crippen LogP contribution in [0.2, 0.25) is 0 Å². The molecule has 12 heavy (non-hydrogen) atoms. The first-order chi connectivity index (χ1) is 5.83. The van der Waals surface area contributed by atoms with Gasteiger partial charge in [-0.05, 0) is 19.5 Å². The minimum Gasteiger partial charge on any atom is -0.315 e. The first kappa shape index (κ1) is 9.44. The van der Waals surface area contributed by atoms with Gasteiger partial charge >= 0.3 is 0 Å². The van der Waals surface area contributed by atoms with E-state index in [0.29, 0.717) is 0 Å². The lowest BCUT2D eigenvalue weighted by molar-refractivity contribution is -0.130. The van der Waals surface area contributed by atoms with E-state index in [1.54, 1.807) is 5.48 Å². The van der Waals surface area contributed by atoms with Crippen molar-refractivity contribution in [2.75, 3.05) is 32.7 Å². The van der Waals surface area contributed by atoms with Crippen molar-refractivity contribution >= 4 is 5.91 Å². The van der Waals surface area contributed by atoms with Crippen molar-refractivity contribution in [1.29, 1.82) is 0 Å². The lowest BCUT2D eigenvalue weighted by atomic mass is 10.4. The van der Waals surface area contributed by atoms with E-state index in [0.717, 1.165) is 32.6 Å². The van der Waals surface area contributed by atoms with Crippen molar-refractivity contribution in [2.24, 2.45) is 0 Å². The van der Waals surface area contributed by atoms with Gasteiger partial charge in [0.15, 0.2) is 0 Å². The maximum Gasteiger partial charge on any atom is 0.257 e. The van der Waals surface area contributed by atoms with Gasteiger partial charge in [-0.15, -0.1) is 0 Å². The third-order valence-corrected chi connectivity index (χ3v) is 1.92. The van der Waals surface area contributed by atoms with E-state index < -0.39 is 0 Å². The average molecular weight is 173 g/mol. The zero-order chi connectivity index (χ0) is 8.81. The molecule has 1 amide bonds. The zero-order valence-corrected chi connectivity index (χ0v) is 7.05. The highest BCUT2D eigenvalue weighted by Crippen LogP contribution is 1.93. The Labute approximate surface area is 71.7 Å². The van der Waals surface area contributed by atoms with Crippen molar-refractivity contribution in [3.8, 4) is 0 Å². The molecule has 0 bridgehead atoms. The quantitative estimate of drug-likeness (QED) is 0.362. The molecule has 0 unspecified atom stereocenters. The van der Waals surface area contributed by atoms with Crippen LogP contribution in [-0.2, 0) is 4.79 Å². The number of carbonyl (C=O) groups is 1. The van der Waals surface area contributed by atoms with Crippen molar-refractivity contribution in [1.82, 2.24) is 15.7 Å². The van der Waals surface area contributed by atoms with Gasteiger partial charge in [-0.25, -0.2) is 5.48 Å². The fraction of sp³-hybridized carbons (Fsp3) is 0.857. The van der Waals surface area contributed by atoms with Crippen molar-refractivity contribution in [2.45, 2.75) is 6.42 Å². The number of amides is 1. The van der Waals surface area contributed by atoms with E-state index in [4.69, 9.17) is 5.21 Å². The van der Waals surface area contributed by atoms with Crippen molar-refractivity contribution < 1.29 is 10.0 Å². The third-order valence-electron chi connectivity index (χ3n) is 1.92.